The lowest BCUT2D eigenvalue weighted by Crippen LogP contribution is -2.14. The zero-order valence-corrected chi connectivity index (χ0v) is 10.4. The Kier molecular flexibility index (Phi) is 4.37. The summed E-state index contributed by atoms with van der Waals surface area (Å²) in [5.41, 5.74) is 0.203. The molecule has 0 spiro atoms. The van der Waals surface area contributed by atoms with Gasteiger partial charge in [-0.2, -0.15) is 18.3 Å². The molecule has 18 heavy (non-hydrogen) atoms. The highest BCUT2D eigenvalue weighted by Gasteiger charge is 2.27. The van der Waals surface area contributed by atoms with E-state index in [2.05, 4.69) is 5.10 Å². The first-order chi connectivity index (χ1) is 8.20. The lowest BCUT2D eigenvalue weighted by molar-refractivity contribution is -0.139. The van der Waals surface area contributed by atoms with Crippen LogP contribution < -0.4 is 4.74 Å². The summed E-state index contributed by atoms with van der Waals surface area (Å²) in [6, 6.07) is 1.36. The van der Waals surface area contributed by atoms with Gasteiger partial charge in [-0.3, -0.25) is 4.79 Å². The molecule has 0 atom stereocenters. The van der Waals surface area contributed by atoms with Gasteiger partial charge in [0.2, 0.25) is 5.88 Å². The molecule has 0 saturated heterocycles. The molecule has 0 radical (unpaired) electrons. The minimum absolute atomic E-state index is 0.156. The van der Waals surface area contributed by atoms with Crippen molar-refractivity contribution in [3.63, 3.8) is 0 Å². The average Bonchev–Trinajstić information content (AvgIpc) is 2.57. The van der Waals surface area contributed by atoms with Crippen LogP contribution in [0.3, 0.4) is 0 Å². The van der Waals surface area contributed by atoms with Crippen LogP contribution in [0.4, 0.5) is 13.2 Å². The second-order valence-electron chi connectivity index (χ2n) is 4.22. The summed E-state index contributed by atoms with van der Waals surface area (Å²) >= 11 is 0. The van der Waals surface area contributed by atoms with Crippen molar-refractivity contribution < 1.29 is 22.7 Å². The number of hydrogen-bond donors (Lipinski definition) is 0. The van der Waals surface area contributed by atoms with E-state index < -0.39 is 19.2 Å². The maximum absolute atomic E-state index is 11.9. The standard InChI is InChI=1S/C11H15F3N2O2/c1-7(2)10(17)8-6-9(16(3)15-8)18-5-4-11(12,13)14/h6-7H,4-5H2,1-3H3. The van der Waals surface area contributed by atoms with Crippen LogP contribution in [-0.2, 0) is 7.05 Å². The number of hydrogen-bond acceptors (Lipinski definition) is 3. The topological polar surface area (TPSA) is 44.1 Å². The van der Waals surface area contributed by atoms with Gasteiger partial charge in [0.25, 0.3) is 0 Å². The van der Waals surface area contributed by atoms with Gasteiger partial charge in [-0.25, -0.2) is 4.68 Å². The molecule has 0 aliphatic carbocycles. The minimum atomic E-state index is -4.25. The molecule has 1 aromatic heterocycles. The molecule has 4 nitrogen and oxygen atoms in total. The van der Waals surface area contributed by atoms with Crippen LogP contribution in [0, 0.1) is 5.92 Å². The van der Waals surface area contributed by atoms with Crippen molar-refractivity contribution in [1.82, 2.24) is 9.78 Å². The number of carbonyl (C=O) groups is 1. The third-order valence-electron chi connectivity index (χ3n) is 2.25. The van der Waals surface area contributed by atoms with Crippen LogP contribution in [-0.4, -0.2) is 28.3 Å². The monoisotopic (exact) mass is 264 g/mol. The zero-order chi connectivity index (χ0) is 13.9. The highest BCUT2D eigenvalue weighted by atomic mass is 19.4. The first-order valence-electron chi connectivity index (χ1n) is 5.48. The SMILES string of the molecule is CC(C)C(=O)c1cc(OCCC(F)(F)F)n(C)n1. The Morgan fingerprint density at radius 2 is 2.11 bits per heavy atom. The Balaban J connectivity index is 2.65. The predicted molar refractivity (Wildman–Crippen MR) is 58.5 cm³/mol. The molecule has 0 bridgehead atoms. The molecule has 0 aliphatic heterocycles. The number of alkyl halides is 3. The first-order valence-corrected chi connectivity index (χ1v) is 5.48. The Labute approximate surface area is 103 Å². The van der Waals surface area contributed by atoms with Crippen molar-refractivity contribution in [1.29, 1.82) is 0 Å². The third-order valence-corrected chi connectivity index (χ3v) is 2.25. The zero-order valence-electron chi connectivity index (χ0n) is 10.4. The van der Waals surface area contributed by atoms with Crippen molar-refractivity contribution in [3.8, 4) is 5.88 Å². The van der Waals surface area contributed by atoms with Gasteiger partial charge < -0.3 is 4.74 Å². The van der Waals surface area contributed by atoms with E-state index in [0.717, 1.165) is 0 Å². The summed E-state index contributed by atoms with van der Waals surface area (Å²) in [5, 5.41) is 3.91. The minimum Gasteiger partial charge on any atom is -0.477 e. The molecule has 102 valence electrons. The number of Topliss-reactive ketones (excluding diaryl/α,β-unsaturated/α-hetero) is 1. The molecular formula is C11H15F3N2O2. The summed E-state index contributed by atoms with van der Waals surface area (Å²) in [7, 11) is 1.51. The third kappa shape index (κ3) is 4.05. The molecule has 0 aliphatic rings. The Hall–Kier alpha value is -1.53. The number of nitrogens with zero attached hydrogens (tertiary/aromatic N) is 2. The molecule has 0 amide bonds. The van der Waals surface area contributed by atoms with Crippen LogP contribution in [0.15, 0.2) is 6.07 Å². The second-order valence-corrected chi connectivity index (χ2v) is 4.22. The summed E-state index contributed by atoms with van der Waals surface area (Å²) in [5.74, 6) is -0.234. The van der Waals surface area contributed by atoms with Gasteiger partial charge in [0.1, 0.15) is 5.69 Å². The van der Waals surface area contributed by atoms with Gasteiger partial charge in [0.15, 0.2) is 5.78 Å². The van der Waals surface area contributed by atoms with E-state index in [-0.39, 0.29) is 23.3 Å². The van der Waals surface area contributed by atoms with E-state index in [1.807, 2.05) is 0 Å². The van der Waals surface area contributed by atoms with Crippen molar-refractivity contribution >= 4 is 5.78 Å². The molecule has 0 fully saturated rings. The fourth-order valence-corrected chi connectivity index (χ4v) is 1.27. The van der Waals surface area contributed by atoms with Gasteiger partial charge in [-0.15, -0.1) is 0 Å². The van der Waals surface area contributed by atoms with E-state index in [4.69, 9.17) is 4.74 Å². The highest BCUT2D eigenvalue weighted by Crippen LogP contribution is 2.21. The summed E-state index contributed by atoms with van der Waals surface area (Å²) < 4.78 is 42.0. The van der Waals surface area contributed by atoms with Crippen LogP contribution in [0.1, 0.15) is 30.8 Å². The molecule has 0 saturated carbocycles. The molecule has 1 heterocycles. The molecule has 0 aromatic carbocycles. The lowest BCUT2D eigenvalue weighted by atomic mass is 10.1. The Morgan fingerprint density at radius 1 is 1.50 bits per heavy atom. The second kappa shape index (κ2) is 5.41. The highest BCUT2D eigenvalue weighted by molar-refractivity contribution is 5.95. The first kappa shape index (κ1) is 14.5. The average molecular weight is 264 g/mol. The Morgan fingerprint density at radius 3 is 2.61 bits per heavy atom. The van der Waals surface area contributed by atoms with Crippen molar-refractivity contribution in [2.45, 2.75) is 26.4 Å². The number of ketones is 1. The number of aryl methyl sites for hydroxylation is 1. The quantitative estimate of drug-likeness (QED) is 0.768. The summed E-state index contributed by atoms with van der Waals surface area (Å²) in [6.07, 6.45) is -5.29. The fraction of sp³-hybridized carbons (Fsp3) is 0.636. The van der Waals surface area contributed by atoms with E-state index in [0.29, 0.717) is 0 Å². The van der Waals surface area contributed by atoms with Gasteiger partial charge in [0, 0.05) is 19.0 Å². The predicted octanol–water partition coefficient (Wildman–Crippen LogP) is 2.59. The van der Waals surface area contributed by atoms with Gasteiger partial charge in [0.05, 0.1) is 13.0 Å². The molecule has 0 unspecified atom stereocenters. The summed E-state index contributed by atoms with van der Waals surface area (Å²) in [6.45, 7) is 2.96. The van der Waals surface area contributed by atoms with E-state index in [9.17, 15) is 18.0 Å². The van der Waals surface area contributed by atoms with E-state index in [1.165, 1.54) is 17.8 Å². The van der Waals surface area contributed by atoms with E-state index in [1.54, 1.807) is 13.8 Å². The van der Waals surface area contributed by atoms with Crippen molar-refractivity contribution in [2.75, 3.05) is 6.61 Å². The molecule has 1 aromatic rings. The normalized spacial score (nSPS) is 11.9. The van der Waals surface area contributed by atoms with Crippen molar-refractivity contribution in [2.24, 2.45) is 13.0 Å². The van der Waals surface area contributed by atoms with Gasteiger partial charge in [-0.1, -0.05) is 13.8 Å². The van der Waals surface area contributed by atoms with Crippen LogP contribution in [0.25, 0.3) is 0 Å². The summed E-state index contributed by atoms with van der Waals surface area (Å²) in [4.78, 5) is 11.6. The molecular weight excluding hydrogens is 249 g/mol. The maximum Gasteiger partial charge on any atom is 0.392 e. The molecule has 1 rings (SSSR count). The van der Waals surface area contributed by atoms with Gasteiger partial charge in [-0.05, 0) is 0 Å². The number of halogens is 3. The van der Waals surface area contributed by atoms with Crippen LogP contribution in [0.5, 0.6) is 5.88 Å². The molecule has 7 heteroatoms. The van der Waals surface area contributed by atoms with E-state index >= 15 is 0 Å². The largest absolute Gasteiger partial charge is 0.477 e. The number of rotatable bonds is 5. The molecule has 0 N–H and O–H groups in total. The number of ether oxygens (including phenoxy) is 1. The fourth-order valence-electron chi connectivity index (χ4n) is 1.27. The Bertz CT molecular complexity index is 424. The number of carbonyl (C=O) groups excluding carboxylic acids is 1. The van der Waals surface area contributed by atoms with Gasteiger partial charge >= 0.3 is 6.18 Å². The van der Waals surface area contributed by atoms with Crippen LogP contribution in [0.2, 0.25) is 0 Å². The smallest absolute Gasteiger partial charge is 0.392 e. The lowest BCUT2D eigenvalue weighted by Gasteiger charge is -2.07. The maximum atomic E-state index is 11.9. The number of aromatic nitrogens is 2. The van der Waals surface area contributed by atoms with Crippen molar-refractivity contribution in [3.05, 3.63) is 11.8 Å². The van der Waals surface area contributed by atoms with Crippen LogP contribution >= 0.6 is 0 Å².